The average molecular weight is 382 g/mol. The van der Waals surface area contributed by atoms with E-state index >= 15 is 0 Å². The maximum absolute atomic E-state index is 11.3. The number of ether oxygens (including phenoxy) is 1. The number of aliphatic carboxylic acids is 1. The number of benzene rings is 1. The van der Waals surface area contributed by atoms with Crippen molar-refractivity contribution < 1.29 is 19.6 Å². The molecule has 1 aromatic rings. The Kier molecular flexibility index (Phi) is 4.06. The summed E-state index contributed by atoms with van der Waals surface area (Å²) < 4.78 is 6.57. The predicted molar refractivity (Wildman–Crippen MR) is 103 cm³/mol. The van der Waals surface area contributed by atoms with Gasteiger partial charge in [-0.3, -0.25) is 14.9 Å². The van der Waals surface area contributed by atoms with E-state index < -0.39 is 17.1 Å². The van der Waals surface area contributed by atoms with Crippen LogP contribution in [-0.2, 0) is 14.9 Å². The van der Waals surface area contributed by atoms with Gasteiger partial charge in [-0.25, -0.2) is 0 Å². The molecule has 1 spiro atoms. The number of hydrogen-bond acceptors (Lipinski definition) is 5. The summed E-state index contributed by atoms with van der Waals surface area (Å²) in [7, 11) is 0. The molecule has 0 saturated heterocycles. The topological polar surface area (TPSA) is 92.9 Å². The van der Waals surface area contributed by atoms with Crippen molar-refractivity contribution in [2.24, 2.45) is 0 Å². The molecule has 7 nitrogen and oxygen atoms in total. The monoisotopic (exact) mass is 382 g/mol. The molecule has 1 aromatic carbocycles. The van der Waals surface area contributed by atoms with Crippen LogP contribution in [0.4, 0.5) is 5.69 Å². The summed E-state index contributed by atoms with van der Waals surface area (Å²) in [4.78, 5) is 24.0. The molecule has 0 amide bonds. The first-order valence-electron chi connectivity index (χ1n) is 9.31. The van der Waals surface area contributed by atoms with E-state index in [1.165, 1.54) is 0 Å². The zero-order valence-electron chi connectivity index (χ0n) is 15.8. The Morgan fingerprint density at radius 3 is 2.79 bits per heavy atom. The van der Waals surface area contributed by atoms with Crippen LogP contribution in [0.3, 0.4) is 0 Å². The van der Waals surface area contributed by atoms with Gasteiger partial charge in [0.15, 0.2) is 0 Å². The first-order valence-corrected chi connectivity index (χ1v) is 9.31. The SMILES string of the molecule is CC1(C)c2ccccc2N(CCC(=O)O)[C@@]12C=CC1=C(CCC([N+](=O)[O-])=C1)O2. The summed E-state index contributed by atoms with van der Waals surface area (Å²) in [5.74, 6) is -0.150. The Bertz CT molecular complexity index is 959. The van der Waals surface area contributed by atoms with Gasteiger partial charge in [0.05, 0.1) is 16.8 Å². The number of para-hydroxylation sites is 1. The standard InChI is InChI=1S/C21H22N2O5/c1-20(2)16-5-3-4-6-17(16)22(12-10-19(24)25)21(20)11-9-14-13-15(23(26)27)7-8-18(14)28-21/h3-6,9,11,13H,7-8,10,12H2,1-2H3,(H,24,25)/t21-/m1/s1. The molecule has 1 atom stereocenters. The van der Waals surface area contributed by atoms with E-state index in [1.807, 2.05) is 41.3 Å². The van der Waals surface area contributed by atoms with Crippen LogP contribution in [0.2, 0.25) is 0 Å². The number of carbonyl (C=O) groups is 1. The number of nitrogens with zero attached hydrogens (tertiary/aromatic N) is 2. The van der Waals surface area contributed by atoms with Gasteiger partial charge in [0.25, 0.3) is 0 Å². The minimum absolute atomic E-state index is 0.0133. The van der Waals surface area contributed by atoms with Crippen molar-refractivity contribution in [1.29, 1.82) is 0 Å². The van der Waals surface area contributed by atoms with Gasteiger partial charge in [0.2, 0.25) is 11.4 Å². The molecule has 2 aliphatic heterocycles. The molecular weight excluding hydrogens is 360 g/mol. The molecule has 7 heteroatoms. The van der Waals surface area contributed by atoms with Crippen molar-refractivity contribution in [2.45, 2.75) is 44.2 Å². The number of fused-ring (bicyclic) bond motifs is 1. The van der Waals surface area contributed by atoms with Crippen LogP contribution in [0.15, 0.2) is 59.5 Å². The minimum Gasteiger partial charge on any atom is -0.481 e. The molecule has 4 rings (SSSR count). The molecular formula is C21H22N2O5. The summed E-state index contributed by atoms with van der Waals surface area (Å²) in [5, 5.41) is 20.4. The van der Waals surface area contributed by atoms with E-state index in [0.717, 1.165) is 11.3 Å². The van der Waals surface area contributed by atoms with Crippen LogP contribution in [0.5, 0.6) is 0 Å². The quantitative estimate of drug-likeness (QED) is 0.630. The van der Waals surface area contributed by atoms with Crippen molar-refractivity contribution in [1.82, 2.24) is 0 Å². The van der Waals surface area contributed by atoms with E-state index in [1.54, 1.807) is 6.08 Å². The second kappa shape index (κ2) is 6.22. The first kappa shape index (κ1) is 18.3. The summed E-state index contributed by atoms with van der Waals surface area (Å²) in [6, 6.07) is 7.94. The molecule has 0 unspecified atom stereocenters. The van der Waals surface area contributed by atoms with Gasteiger partial charge in [-0.1, -0.05) is 18.2 Å². The number of carboxylic acid groups (broad SMARTS) is 1. The molecule has 0 fully saturated rings. The molecule has 3 aliphatic rings. The van der Waals surface area contributed by atoms with Crippen LogP contribution < -0.4 is 4.90 Å². The summed E-state index contributed by atoms with van der Waals surface area (Å²) in [6.07, 6.45) is 6.13. The normalized spacial score (nSPS) is 24.5. The maximum atomic E-state index is 11.3. The van der Waals surface area contributed by atoms with Crippen LogP contribution >= 0.6 is 0 Å². The molecule has 1 aliphatic carbocycles. The zero-order valence-corrected chi connectivity index (χ0v) is 15.8. The molecule has 0 radical (unpaired) electrons. The lowest BCUT2D eigenvalue weighted by Crippen LogP contribution is -2.57. The van der Waals surface area contributed by atoms with E-state index in [0.29, 0.717) is 30.7 Å². The fraction of sp³-hybridized carbons (Fsp3) is 0.381. The number of anilines is 1. The third-order valence-electron chi connectivity index (χ3n) is 5.97. The molecule has 146 valence electrons. The highest BCUT2D eigenvalue weighted by Gasteiger charge is 2.59. The molecule has 0 saturated carbocycles. The third-order valence-corrected chi connectivity index (χ3v) is 5.97. The van der Waals surface area contributed by atoms with Crippen molar-refractivity contribution in [3.63, 3.8) is 0 Å². The third kappa shape index (κ3) is 2.53. The Morgan fingerprint density at radius 1 is 1.32 bits per heavy atom. The molecule has 0 aromatic heterocycles. The Morgan fingerprint density at radius 2 is 2.07 bits per heavy atom. The van der Waals surface area contributed by atoms with Crippen LogP contribution in [0.25, 0.3) is 0 Å². The lowest BCUT2D eigenvalue weighted by Gasteiger charge is -2.48. The van der Waals surface area contributed by atoms with E-state index in [9.17, 15) is 20.0 Å². The van der Waals surface area contributed by atoms with Crippen molar-refractivity contribution >= 4 is 11.7 Å². The fourth-order valence-corrected chi connectivity index (χ4v) is 4.46. The number of allylic oxidation sites excluding steroid dienone is 5. The molecule has 0 bridgehead atoms. The second-order valence-corrected chi connectivity index (χ2v) is 7.84. The number of rotatable bonds is 4. The highest BCUT2D eigenvalue weighted by molar-refractivity contribution is 5.71. The predicted octanol–water partition coefficient (Wildman–Crippen LogP) is 3.75. The summed E-state index contributed by atoms with van der Waals surface area (Å²) in [6.45, 7) is 4.48. The van der Waals surface area contributed by atoms with Crippen molar-refractivity contribution in [3.05, 3.63) is 75.2 Å². The fourth-order valence-electron chi connectivity index (χ4n) is 4.46. The highest BCUT2D eigenvalue weighted by atomic mass is 16.6. The smallest absolute Gasteiger partial charge is 0.305 e. The maximum Gasteiger partial charge on any atom is 0.305 e. The Hall–Kier alpha value is -3.09. The lowest BCUT2D eigenvalue weighted by atomic mass is 9.76. The van der Waals surface area contributed by atoms with Gasteiger partial charge in [0, 0.05) is 36.7 Å². The highest BCUT2D eigenvalue weighted by Crippen LogP contribution is 2.55. The Balaban J connectivity index is 1.79. The Labute approximate surface area is 162 Å². The summed E-state index contributed by atoms with van der Waals surface area (Å²) >= 11 is 0. The van der Waals surface area contributed by atoms with E-state index in [-0.39, 0.29) is 17.0 Å². The van der Waals surface area contributed by atoms with Gasteiger partial charge in [-0.05, 0) is 37.6 Å². The molecule has 2 heterocycles. The van der Waals surface area contributed by atoms with Crippen molar-refractivity contribution in [2.75, 3.05) is 11.4 Å². The van der Waals surface area contributed by atoms with E-state index in [2.05, 4.69) is 13.8 Å². The van der Waals surface area contributed by atoms with Crippen LogP contribution in [0.1, 0.15) is 38.7 Å². The lowest BCUT2D eigenvalue weighted by molar-refractivity contribution is -0.428. The largest absolute Gasteiger partial charge is 0.481 e. The second-order valence-electron chi connectivity index (χ2n) is 7.84. The number of carboxylic acids is 1. The van der Waals surface area contributed by atoms with E-state index in [4.69, 9.17) is 4.74 Å². The number of hydrogen-bond donors (Lipinski definition) is 1. The van der Waals surface area contributed by atoms with Gasteiger partial charge in [0.1, 0.15) is 5.76 Å². The van der Waals surface area contributed by atoms with Gasteiger partial charge in [-0.15, -0.1) is 0 Å². The summed E-state index contributed by atoms with van der Waals surface area (Å²) in [5.41, 5.74) is 1.63. The van der Waals surface area contributed by atoms with Crippen molar-refractivity contribution in [3.8, 4) is 0 Å². The van der Waals surface area contributed by atoms with Gasteiger partial charge in [-0.2, -0.15) is 0 Å². The first-order chi connectivity index (χ1) is 13.3. The van der Waals surface area contributed by atoms with Gasteiger partial charge >= 0.3 is 5.97 Å². The van der Waals surface area contributed by atoms with Crippen LogP contribution in [0, 0.1) is 10.1 Å². The molecule has 28 heavy (non-hydrogen) atoms. The van der Waals surface area contributed by atoms with Gasteiger partial charge < -0.3 is 14.7 Å². The zero-order chi connectivity index (χ0) is 20.1. The average Bonchev–Trinajstić information content (AvgIpc) is 2.84. The number of nitro groups is 1. The minimum atomic E-state index is -0.870. The van der Waals surface area contributed by atoms with Crippen LogP contribution in [-0.4, -0.2) is 28.3 Å². The molecule has 1 N–H and O–H groups in total.